The Bertz CT molecular complexity index is 342. The van der Waals surface area contributed by atoms with E-state index in [-0.39, 0.29) is 0 Å². The molecule has 3 heteroatoms. The maximum absolute atomic E-state index is 12.9. The molecule has 0 radical (unpaired) electrons. The van der Waals surface area contributed by atoms with Gasteiger partial charge in [0.2, 0.25) is 5.91 Å². The summed E-state index contributed by atoms with van der Waals surface area (Å²) < 4.78 is 0. The standard InChI is InChI=1S/C17H30N2O/c18-10-9-13-4-1-6-15(12-13)17(20)19-11-3-7-14-5-2-8-16(14)19/h13-16H,1-12,18H2. The highest BCUT2D eigenvalue weighted by molar-refractivity contribution is 5.79. The average molecular weight is 278 g/mol. The number of nitrogens with zero attached hydrogens (tertiary/aromatic N) is 1. The van der Waals surface area contributed by atoms with Crippen LogP contribution in [-0.4, -0.2) is 29.9 Å². The second-order valence-electron chi connectivity index (χ2n) is 7.24. The van der Waals surface area contributed by atoms with Crippen LogP contribution in [0.25, 0.3) is 0 Å². The lowest BCUT2D eigenvalue weighted by Crippen LogP contribution is -2.49. The predicted octanol–water partition coefficient (Wildman–Crippen LogP) is 2.93. The van der Waals surface area contributed by atoms with E-state index in [4.69, 9.17) is 5.73 Å². The first kappa shape index (κ1) is 14.4. The number of nitrogens with two attached hydrogens (primary N) is 1. The predicted molar refractivity (Wildman–Crippen MR) is 81.2 cm³/mol. The third-order valence-corrected chi connectivity index (χ3v) is 5.98. The summed E-state index contributed by atoms with van der Waals surface area (Å²) in [5.74, 6) is 2.31. The van der Waals surface area contributed by atoms with Crippen molar-refractivity contribution in [1.29, 1.82) is 0 Å². The fraction of sp³-hybridized carbons (Fsp3) is 0.941. The van der Waals surface area contributed by atoms with Crippen molar-refractivity contribution in [1.82, 2.24) is 4.90 Å². The van der Waals surface area contributed by atoms with Crippen molar-refractivity contribution < 1.29 is 4.79 Å². The quantitative estimate of drug-likeness (QED) is 0.863. The molecule has 2 N–H and O–H groups in total. The molecule has 3 rings (SSSR count). The summed E-state index contributed by atoms with van der Waals surface area (Å²) in [4.78, 5) is 15.2. The van der Waals surface area contributed by atoms with Crippen molar-refractivity contribution >= 4 is 5.91 Å². The van der Waals surface area contributed by atoms with Gasteiger partial charge in [0, 0.05) is 18.5 Å². The lowest BCUT2D eigenvalue weighted by molar-refractivity contribution is -0.142. The Morgan fingerprint density at radius 3 is 2.70 bits per heavy atom. The number of hydrogen-bond acceptors (Lipinski definition) is 2. The number of likely N-dealkylation sites (tertiary alicyclic amines) is 1. The molecule has 0 bridgehead atoms. The molecule has 1 amide bonds. The van der Waals surface area contributed by atoms with Gasteiger partial charge in [-0.25, -0.2) is 0 Å². The van der Waals surface area contributed by atoms with Crippen molar-refractivity contribution in [3.05, 3.63) is 0 Å². The summed E-state index contributed by atoms with van der Waals surface area (Å²) in [5, 5.41) is 0. The topological polar surface area (TPSA) is 46.3 Å². The largest absolute Gasteiger partial charge is 0.339 e. The minimum Gasteiger partial charge on any atom is -0.339 e. The van der Waals surface area contributed by atoms with E-state index in [1.54, 1.807) is 0 Å². The van der Waals surface area contributed by atoms with Crippen molar-refractivity contribution in [2.24, 2.45) is 23.5 Å². The average Bonchev–Trinajstić information content (AvgIpc) is 2.95. The van der Waals surface area contributed by atoms with E-state index >= 15 is 0 Å². The number of piperidine rings is 1. The molecule has 4 atom stereocenters. The van der Waals surface area contributed by atoms with Crippen LogP contribution in [0.5, 0.6) is 0 Å². The molecule has 1 saturated heterocycles. The summed E-state index contributed by atoms with van der Waals surface area (Å²) in [5.41, 5.74) is 5.70. The van der Waals surface area contributed by atoms with E-state index < -0.39 is 0 Å². The Morgan fingerprint density at radius 2 is 1.85 bits per heavy atom. The molecule has 2 aliphatic carbocycles. The molecule has 1 heterocycles. The number of rotatable bonds is 3. The first-order chi connectivity index (χ1) is 9.79. The monoisotopic (exact) mass is 278 g/mol. The number of carbonyl (C=O) groups excluding carboxylic acids is 1. The molecular weight excluding hydrogens is 248 g/mol. The van der Waals surface area contributed by atoms with Gasteiger partial charge in [0.15, 0.2) is 0 Å². The molecule has 3 fully saturated rings. The number of fused-ring (bicyclic) bond motifs is 1. The second-order valence-corrected chi connectivity index (χ2v) is 7.24. The molecule has 0 spiro atoms. The fourth-order valence-electron chi connectivity index (χ4n) is 4.98. The van der Waals surface area contributed by atoms with Gasteiger partial charge in [-0.15, -0.1) is 0 Å². The Kier molecular flexibility index (Phi) is 4.65. The minimum absolute atomic E-state index is 0.305. The first-order valence-electron chi connectivity index (χ1n) is 8.80. The molecule has 0 aromatic rings. The third kappa shape index (κ3) is 2.88. The zero-order valence-corrected chi connectivity index (χ0v) is 12.7. The zero-order chi connectivity index (χ0) is 13.9. The molecule has 114 valence electrons. The van der Waals surface area contributed by atoms with Crippen molar-refractivity contribution in [2.75, 3.05) is 13.1 Å². The highest BCUT2D eigenvalue weighted by Gasteiger charge is 2.40. The van der Waals surface area contributed by atoms with E-state index in [9.17, 15) is 4.79 Å². The van der Waals surface area contributed by atoms with Crippen LogP contribution >= 0.6 is 0 Å². The third-order valence-electron chi connectivity index (χ3n) is 5.98. The molecule has 1 aliphatic heterocycles. The van der Waals surface area contributed by atoms with Crippen LogP contribution in [0.2, 0.25) is 0 Å². The molecule has 3 aliphatic rings. The van der Waals surface area contributed by atoms with Gasteiger partial charge >= 0.3 is 0 Å². The van der Waals surface area contributed by atoms with Gasteiger partial charge in [-0.2, -0.15) is 0 Å². The Hall–Kier alpha value is -0.570. The SMILES string of the molecule is NCCC1CCCC(C(=O)N2CCCC3CCCC32)C1. The van der Waals surface area contributed by atoms with Crippen LogP contribution in [0.1, 0.15) is 64.2 Å². The molecule has 0 aromatic carbocycles. The molecule has 4 unspecified atom stereocenters. The van der Waals surface area contributed by atoms with Crippen LogP contribution in [0, 0.1) is 17.8 Å². The Balaban J connectivity index is 1.62. The first-order valence-corrected chi connectivity index (χ1v) is 8.80. The van der Waals surface area contributed by atoms with Gasteiger partial charge in [-0.1, -0.05) is 19.3 Å². The van der Waals surface area contributed by atoms with Gasteiger partial charge < -0.3 is 10.6 Å². The van der Waals surface area contributed by atoms with Gasteiger partial charge in [-0.3, -0.25) is 4.79 Å². The Labute approximate surface area is 123 Å². The zero-order valence-electron chi connectivity index (χ0n) is 12.7. The van der Waals surface area contributed by atoms with E-state index in [0.717, 1.165) is 38.3 Å². The van der Waals surface area contributed by atoms with Gasteiger partial charge in [0.05, 0.1) is 0 Å². The Morgan fingerprint density at radius 1 is 1.05 bits per heavy atom. The normalized spacial score (nSPS) is 37.8. The molecule has 20 heavy (non-hydrogen) atoms. The highest BCUT2D eigenvalue weighted by atomic mass is 16.2. The highest BCUT2D eigenvalue weighted by Crippen LogP contribution is 2.39. The van der Waals surface area contributed by atoms with Crippen LogP contribution in [0.4, 0.5) is 0 Å². The lowest BCUT2D eigenvalue weighted by atomic mass is 9.78. The van der Waals surface area contributed by atoms with Crippen molar-refractivity contribution in [2.45, 2.75) is 70.3 Å². The van der Waals surface area contributed by atoms with E-state index in [1.807, 2.05) is 0 Å². The van der Waals surface area contributed by atoms with Crippen LogP contribution in [0.15, 0.2) is 0 Å². The van der Waals surface area contributed by atoms with Crippen LogP contribution in [0.3, 0.4) is 0 Å². The lowest BCUT2D eigenvalue weighted by Gasteiger charge is -2.41. The van der Waals surface area contributed by atoms with Gasteiger partial charge in [0.1, 0.15) is 0 Å². The van der Waals surface area contributed by atoms with Gasteiger partial charge in [0.25, 0.3) is 0 Å². The van der Waals surface area contributed by atoms with Crippen molar-refractivity contribution in [3.8, 4) is 0 Å². The molecule has 2 saturated carbocycles. The molecule has 3 nitrogen and oxygen atoms in total. The minimum atomic E-state index is 0.305. The summed E-state index contributed by atoms with van der Waals surface area (Å²) in [6, 6.07) is 0.589. The summed E-state index contributed by atoms with van der Waals surface area (Å²) in [6.45, 7) is 1.80. The van der Waals surface area contributed by atoms with Crippen LogP contribution in [-0.2, 0) is 4.79 Å². The summed E-state index contributed by atoms with van der Waals surface area (Å²) >= 11 is 0. The molecule has 0 aromatic heterocycles. The second kappa shape index (κ2) is 6.46. The van der Waals surface area contributed by atoms with Gasteiger partial charge in [-0.05, 0) is 63.3 Å². The number of amides is 1. The molecular formula is C17H30N2O. The van der Waals surface area contributed by atoms with E-state index in [2.05, 4.69) is 4.90 Å². The van der Waals surface area contributed by atoms with E-state index in [0.29, 0.717) is 23.8 Å². The maximum Gasteiger partial charge on any atom is 0.225 e. The maximum atomic E-state index is 12.9. The number of carbonyl (C=O) groups is 1. The van der Waals surface area contributed by atoms with E-state index in [1.165, 1.54) is 44.9 Å². The smallest absolute Gasteiger partial charge is 0.225 e. The van der Waals surface area contributed by atoms with Crippen LogP contribution < -0.4 is 5.73 Å². The fourth-order valence-corrected chi connectivity index (χ4v) is 4.98. The van der Waals surface area contributed by atoms with Crippen molar-refractivity contribution in [3.63, 3.8) is 0 Å². The number of hydrogen-bond donors (Lipinski definition) is 1. The summed E-state index contributed by atoms with van der Waals surface area (Å²) in [6.07, 6.45) is 12.4. The summed E-state index contributed by atoms with van der Waals surface area (Å²) in [7, 11) is 0.